The molecule has 9 heteroatoms. The Balaban J connectivity index is 1.83. The number of carbonyl (C=O) groups is 2. The number of H-pyrrole nitrogens is 1. The zero-order chi connectivity index (χ0) is 23.0. The second kappa shape index (κ2) is 8.14. The summed E-state index contributed by atoms with van der Waals surface area (Å²) >= 11 is 0. The van der Waals surface area contributed by atoms with Gasteiger partial charge in [0.25, 0.3) is 0 Å². The molecule has 1 aliphatic heterocycles. The molecule has 0 saturated carbocycles. The van der Waals surface area contributed by atoms with E-state index in [1.165, 1.54) is 18.2 Å². The highest BCUT2D eigenvalue weighted by atomic mass is 19.4. The van der Waals surface area contributed by atoms with Gasteiger partial charge in [0, 0.05) is 17.6 Å². The number of hydrogen-bond donors (Lipinski definition) is 2. The van der Waals surface area contributed by atoms with Gasteiger partial charge in [-0.2, -0.15) is 13.2 Å². The molecule has 0 fully saturated rings. The highest BCUT2D eigenvalue weighted by Crippen LogP contribution is 2.43. The number of halogens is 3. The molecule has 2 heterocycles. The number of aromatic amines is 1. The van der Waals surface area contributed by atoms with E-state index in [9.17, 15) is 22.8 Å². The number of carbonyl (C=O) groups excluding carboxylic acids is 2. The van der Waals surface area contributed by atoms with E-state index >= 15 is 0 Å². The van der Waals surface area contributed by atoms with Gasteiger partial charge >= 0.3 is 12.1 Å². The van der Waals surface area contributed by atoms with Gasteiger partial charge in [-0.15, -0.1) is 0 Å². The van der Waals surface area contributed by atoms with Gasteiger partial charge < -0.3 is 15.0 Å². The molecule has 6 nitrogen and oxygen atoms in total. The minimum absolute atomic E-state index is 0.126. The summed E-state index contributed by atoms with van der Waals surface area (Å²) in [6, 6.07) is 8.74. The molecule has 4 rings (SSSR count). The largest absolute Gasteiger partial charge is 0.462 e. The number of esters is 1. The quantitative estimate of drug-likeness (QED) is 0.552. The molecule has 2 N–H and O–H groups in total. The Hall–Kier alpha value is -3.62. The van der Waals surface area contributed by atoms with Crippen LogP contribution in [-0.2, 0) is 10.9 Å². The summed E-state index contributed by atoms with van der Waals surface area (Å²) in [5.74, 6) is -1.53. The monoisotopic (exact) mass is 443 g/mol. The SMILES string of the molecule is CCOC(=O)c1cccc2c1C(=O)C(c1ncc(C)[nH]1)C(c1ccc(C(F)(F)F)cc1)N2. The molecule has 0 radical (unpaired) electrons. The number of Topliss-reactive ketones (excluding diaryl/α,β-unsaturated/α-hetero) is 1. The lowest BCUT2D eigenvalue weighted by molar-refractivity contribution is -0.137. The van der Waals surface area contributed by atoms with Gasteiger partial charge in [0.1, 0.15) is 11.7 Å². The van der Waals surface area contributed by atoms with E-state index in [1.807, 2.05) is 0 Å². The highest BCUT2D eigenvalue weighted by molar-refractivity contribution is 6.14. The standard InChI is InChI=1S/C23H20F3N3O3/c1-3-32-22(31)15-5-4-6-16-17(15)20(30)18(21-27-11-12(2)28-21)19(29-16)13-7-9-14(10-8-13)23(24,25)26/h4-11,18-19,29H,3H2,1-2H3,(H,27,28). The van der Waals surface area contributed by atoms with Crippen molar-refractivity contribution < 1.29 is 27.5 Å². The van der Waals surface area contributed by atoms with Crippen LogP contribution >= 0.6 is 0 Å². The number of aryl methyl sites for hydroxylation is 1. The van der Waals surface area contributed by atoms with Crippen molar-refractivity contribution in [1.82, 2.24) is 9.97 Å². The molecular formula is C23H20F3N3O3. The molecule has 1 aromatic heterocycles. The van der Waals surface area contributed by atoms with Crippen LogP contribution < -0.4 is 5.32 Å². The number of ketones is 1. The van der Waals surface area contributed by atoms with Crippen molar-refractivity contribution in [3.8, 4) is 0 Å². The predicted molar refractivity (Wildman–Crippen MR) is 111 cm³/mol. The Labute approximate surface area is 181 Å². The van der Waals surface area contributed by atoms with Crippen LogP contribution in [0.4, 0.5) is 18.9 Å². The first-order valence-electron chi connectivity index (χ1n) is 10.00. The van der Waals surface area contributed by atoms with Crippen molar-refractivity contribution in [2.24, 2.45) is 0 Å². The third-order valence-electron chi connectivity index (χ3n) is 5.35. The first kappa shape index (κ1) is 21.6. The number of alkyl halides is 3. The first-order valence-corrected chi connectivity index (χ1v) is 10.00. The van der Waals surface area contributed by atoms with E-state index in [0.717, 1.165) is 17.8 Å². The third-order valence-corrected chi connectivity index (χ3v) is 5.35. The summed E-state index contributed by atoms with van der Waals surface area (Å²) < 4.78 is 44.2. The van der Waals surface area contributed by atoms with Crippen LogP contribution in [0.2, 0.25) is 0 Å². The van der Waals surface area contributed by atoms with Gasteiger partial charge in [0.15, 0.2) is 5.78 Å². The minimum atomic E-state index is -4.47. The van der Waals surface area contributed by atoms with Gasteiger partial charge in [0.2, 0.25) is 0 Å². The molecule has 2 atom stereocenters. The second-order valence-electron chi connectivity index (χ2n) is 7.48. The fourth-order valence-corrected chi connectivity index (χ4v) is 3.90. The topological polar surface area (TPSA) is 84.1 Å². The van der Waals surface area contributed by atoms with Crippen LogP contribution in [0.3, 0.4) is 0 Å². The number of imidazole rings is 1. The average Bonchev–Trinajstić information content (AvgIpc) is 3.18. The summed E-state index contributed by atoms with van der Waals surface area (Å²) in [4.78, 5) is 33.5. The molecule has 0 amide bonds. The summed E-state index contributed by atoms with van der Waals surface area (Å²) in [6.45, 7) is 3.60. The van der Waals surface area contributed by atoms with Crippen molar-refractivity contribution in [3.63, 3.8) is 0 Å². The molecule has 2 unspecified atom stereocenters. The van der Waals surface area contributed by atoms with E-state index in [0.29, 0.717) is 17.1 Å². The van der Waals surface area contributed by atoms with Gasteiger partial charge in [-0.25, -0.2) is 9.78 Å². The number of anilines is 1. The van der Waals surface area contributed by atoms with Gasteiger partial charge in [-0.3, -0.25) is 4.79 Å². The van der Waals surface area contributed by atoms with E-state index in [-0.39, 0.29) is 23.5 Å². The van der Waals surface area contributed by atoms with Crippen LogP contribution in [0, 0.1) is 6.92 Å². The van der Waals surface area contributed by atoms with Crippen LogP contribution in [0.5, 0.6) is 0 Å². The van der Waals surface area contributed by atoms with Crippen LogP contribution in [0.25, 0.3) is 0 Å². The minimum Gasteiger partial charge on any atom is -0.462 e. The van der Waals surface area contributed by atoms with Crippen LogP contribution in [-0.4, -0.2) is 28.3 Å². The number of hydrogen-bond acceptors (Lipinski definition) is 5. The number of ether oxygens (including phenoxy) is 1. The number of nitrogens with one attached hydrogen (secondary N) is 2. The summed E-state index contributed by atoms with van der Waals surface area (Å²) in [5, 5.41) is 3.23. The Kier molecular flexibility index (Phi) is 5.50. The second-order valence-corrected chi connectivity index (χ2v) is 7.48. The van der Waals surface area contributed by atoms with E-state index in [2.05, 4.69) is 15.3 Å². The Bertz CT molecular complexity index is 1170. The Morgan fingerprint density at radius 2 is 1.88 bits per heavy atom. The number of aromatic nitrogens is 2. The molecule has 2 aromatic carbocycles. The van der Waals surface area contributed by atoms with Crippen molar-refractivity contribution >= 4 is 17.4 Å². The molecule has 0 bridgehead atoms. The molecule has 3 aromatic rings. The maximum atomic E-state index is 13.7. The van der Waals surface area contributed by atoms with Crippen LogP contribution in [0.1, 0.15) is 62.2 Å². The molecule has 0 aliphatic carbocycles. The number of fused-ring (bicyclic) bond motifs is 1. The summed E-state index contributed by atoms with van der Waals surface area (Å²) in [6.07, 6.45) is -2.90. The maximum absolute atomic E-state index is 13.7. The lowest BCUT2D eigenvalue weighted by Gasteiger charge is -2.33. The molecule has 32 heavy (non-hydrogen) atoms. The smallest absolute Gasteiger partial charge is 0.416 e. The van der Waals surface area contributed by atoms with E-state index in [1.54, 1.807) is 32.2 Å². The average molecular weight is 443 g/mol. The molecule has 0 saturated heterocycles. The molecule has 166 valence electrons. The first-order chi connectivity index (χ1) is 15.2. The van der Waals surface area contributed by atoms with Gasteiger partial charge in [0.05, 0.1) is 29.3 Å². The fourth-order valence-electron chi connectivity index (χ4n) is 3.90. The Morgan fingerprint density at radius 3 is 2.47 bits per heavy atom. The normalized spacial score (nSPS) is 18.1. The van der Waals surface area contributed by atoms with Crippen molar-refractivity contribution in [2.45, 2.75) is 32.0 Å². The maximum Gasteiger partial charge on any atom is 0.416 e. The fraction of sp³-hybridized carbons (Fsp3) is 0.261. The molecule has 0 spiro atoms. The number of rotatable bonds is 4. The molecule has 1 aliphatic rings. The zero-order valence-electron chi connectivity index (χ0n) is 17.3. The molecular weight excluding hydrogens is 423 g/mol. The summed E-state index contributed by atoms with van der Waals surface area (Å²) in [7, 11) is 0. The Morgan fingerprint density at radius 1 is 1.16 bits per heavy atom. The van der Waals surface area contributed by atoms with Crippen molar-refractivity contribution in [3.05, 3.63) is 82.4 Å². The van der Waals surface area contributed by atoms with Crippen LogP contribution in [0.15, 0.2) is 48.7 Å². The summed E-state index contributed by atoms with van der Waals surface area (Å²) in [5.41, 5.74) is 1.14. The number of benzene rings is 2. The zero-order valence-corrected chi connectivity index (χ0v) is 17.3. The van der Waals surface area contributed by atoms with Gasteiger partial charge in [-0.1, -0.05) is 18.2 Å². The van der Waals surface area contributed by atoms with Crippen molar-refractivity contribution in [1.29, 1.82) is 0 Å². The van der Waals surface area contributed by atoms with E-state index < -0.39 is 29.7 Å². The van der Waals surface area contributed by atoms with Crippen molar-refractivity contribution in [2.75, 3.05) is 11.9 Å². The van der Waals surface area contributed by atoms with Gasteiger partial charge in [-0.05, 0) is 43.7 Å². The van der Waals surface area contributed by atoms with E-state index in [4.69, 9.17) is 4.74 Å². The number of nitrogens with zero attached hydrogens (tertiary/aromatic N) is 1. The lowest BCUT2D eigenvalue weighted by atomic mass is 9.80. The third kappa shape index (κ3) is 3.86. The lowest BCUT2D eigenvalue weighted by Crippen LogP contribution is -2.34. The predicted octanol–water partition coefficient (Wildman–Crippen LogP) is 5.05. The highest BCUT2D eigenvalue weighted by Gasteiger charge is 2.41.